The maximum absolute atomic E-state index is 2.39. The van der Waals surface area contributed by atoms with Crippen molar-refractivity contribution in [1.29, 1.82) is 0 Å². The van der Waals surface area contributed by atoms with Crippen molar-refractivity contribution in [1.82, 2.24) is 4.57 Å². The third-order valence-electron chi connectivity index (χ3n) is 7.60. The summed E-state index contributed by atoms with van der Waals surface area (Å²) in [5.41, 5.74) is 8.66. The number of benzene rings is 6. The number of hydrogen-bond acceptors (Lipinski definition) is 1. The highest BCUT2D eigenvalue weighted by molar-refractivity contribution is 7.26. The maximum atomic E-state index is 2.39. The van der Waals surface area contributed by atoms with E-state index in [4.69, 9.17) is 0 Å². The minimum absolute atomic E-state index is 1.18. The summed E-state index contributed by atoms with van der Waals surface area (Å²) < 4.78 is 5.08. The molecule has 178 valence electrons. The molecule has 0 aliphatic carbocycles. The number of para-hydroxylation sites is 1. The Labute approximate surface area is 224 Å². The summed E-state index contributed by atoms with van der Waals surface area (Å²) in [5.74, 6) is 0. The molecule has 0 amide bonds. The lowest BCUT2D eigenvalue weighted by Gasteiger charge is -2.09. The highest BCUT2D eigenvalue weighted by Crippen LogP contribution is 2.42. The molecular weight excluding hydrogens is 478 g/mol. The maximum Gasteiger partial charge on any atom is 0.0541 e. The largest absolute Gasteiger partial charge is 0.309 e. The third-order valence-corrected chi connectivity index (χ3v) is 8.82. The van der Waals surface area contributed by atoms with Crippen LogP contribution in [0.4, 0.5) is 0 Å². The highest BCUT2D eigenvalue weighted by Gasteiger charge is 2.16. The molecule has 6 aromatic carbocycles. The van der Waals surface area contributed by atoms with Gasteiger partial charge in [0.2, 0.25) is 0 Å². The molecule has 0 aliphatic rings. The van der Waals surface area contributed by atoms with Crippen LogP contribution in [0.1, 0.15) is 0 Å². The van der Waals surface area contributed by atoms with Gasteiger partial charge >= 0.3 is 0 Å². The smallest absolute Gasteiger partial charge is 0.0541 e. The van der Waals surface area contributed by atoms with Gasteiger partial charge in [-0.2, -0.15) is 0 Å². The molecule has 0 fully saturated rings. The van der Waals surface area contributed by atoms with Crippen LogP contribution in [0.2, 0.25) is 0 Å². The molecule has 0 atom stereocenters. The van der Waals surface area contributed by atoms with E-state index < -0.39 is 0 Å². The number of thiophene rings is 1. The van der Waals surface area contributed by atoms with E-state index in [2.05, 4.69) is 144 Å². The van der Waals surface area contributed by atoms with Crippen LogP contribution in [0.5, 0.6) is 0 Å². The fourth-order valence-corrected chi connectivity index (χ4v) is 7.07. The monoisotopic (exact) mass is 501 g/mol. The van der Waals surface area contributed by atoms with E-state index in [1.165, 1.54) is 69.9 Å². The number of nitrogens with zero attached hydrogens (tertiary/aromatic N) is 1. The van der Waals surface area contributed by atoms with Gasteiger partial charge in [-0.05, 0) is 64.7 Å². The van der Waals surface area contributed by atoms with E-state index in [1.54, 1.807) is 0 Å². The summed E-state index contributed by atoms with van der Waals surface area (Å²) in [6.07, 6.45) is 0. The van der Waals surface area contributed by atoms with Crippen LogP contribution in [0.25, 0.3) is 69.9 Å². The first-order chi connectivity index (χ1) is 18.8. The molecule has 0 aliphatic heterocycles. The second kappa shape index (κ2) is 8.44. The summed E-state index contributed by atoms with van der Waals surface area (Å²) >= 11 is 1.89. The van der Waals surface area contributed by atoms with Crippen molar-refractivity contribution in [3.8, 4) is 27.9 Å². The zero-order chi connectivity index (χ0) is 25.1. The van der Waals surface area contributed by atoms with Crippen molar-refractivity contribution in [3.63, 3.8) is 0 Å². The van der Waals surface area contributed by atoms with Gasteiger partial charge in [0.05, 0.1) is 11.0 Å². The van der Waals surface area contributed by atoms with Crippen LogP contribution < -0.4 is 0 Å². The summed E-state index contributed by atoms with van der Waals surface area (Å²) in [6.45, 7) is 0. The fourth-order valence-electron chi connectivity index (χ4n) is 5.83. The van der Waals surface area contributed by atoms with Gasteiger partial charge in [0, 0.05) is 36.6 Å². The standard InChI is InChI=1S/C36H23NS/c1-3-10-24(11-4-1)25-18-20-33-31(22-25)32-23-26(19-21-34(32)37(33)27-12-5-2-6-13-27)28-15-9-16-30-29-14-7-8-17-35(29)38-36(28)30/h1-23H. The molecular formula is C36H23NS. The van der Waals surface area contributed by atoms with Crippen LogP contribution in [0.3, 0.4) is 0 Å². The zero-order valence-electron chi connectivity index (χ0n) is 20.6. The molecule has 8 rings (SSSR count). The lowest BCUT2D eigenvalue weighted by molar-refractivity contribution is 1.18. The number of fused-ring (bicyclic) bond motifs is 6. The van der Waals surface area contributed by atoms with Gasteiger partial charge < -0.3 is 4.57 Å². The molecule has 0 bridgehead atoms. The molecule has 2 heteroatoms. The normalized spacial score (nSPS) is 11.7. The average molecular weight is 502 g/mol. The quantitative estimate of drug-likeness (QED) is 0.227. The van der Waals surface area contributed by atoms with Crippen molar-refractivity contribution >= 4 is 53.3 Å². The molecule has 1 nitrogen and oxygen atoms in total. The number of aromatic nitrogens is 1. The van der Waals surface area contributed by atoms with Crippen LogP contribution >= 0.6 is 11.3 Å². The Morgan fingerprint density at radius 3 is 1.84 bits per heavy atom. The first-order valence-electron chi connectivity index (χ1n) is 12.9. The van der Waals surface area contributed by atoms with Crippen molar-refractivity contribution < 1.29 is 0 Å². The second-order valence-corrected chi connectivity index (χ2v) is 10.8. The minimum atomic E-state index is 1.18. The van der Waals surface area contributed by atoms with E-state index >= 15 is 0 Å². The Morgan fingerprint density at radius 2 is 1.05 bits per heavy atom. The SMILES string of the molecule is c1ccc(-c2ccc3c(c2)c2cc(-c4cccc5c4sc4ccccc45)ccc2n3-c2ccccc2)cc1. The topological polar surface area (TPSA) is 4.93 Å². The molecule has 0 spiro atoms. The predicted octanol–water partition coefficient (Wildman–Crippen LogP) is 10.5. The minimum Gasteiger partial charge on any atom is -0.309 e. The van der Waals surface area contributed by atoms with E-state index in [0.29, 0.717) is 0 Å². The molecule has 2 aromatic heterocycles. The second-order valence-electron chi connectivity index (χ2n) is 9.78. The average Bonchev–Trinajstić information content (AvgIpc) is 3.53. The molecule has 2 heterocycles. The van der Waals surface area contributed by atoms with Gasteiger partial charge in [0.1, 0.15) is 0 Å². The lowest BCUT2D eigenvalue weighted by Crippen LogP contribution is -1.93. The Morgan fingerprint density at radius 1 is 0.421 bits per heavy atom. The van der Waals surface area contributed by atoms with Crippen molar-refractivity contribution in [2.24, 2.45) is 0 Å². The highest BCUT2D eigenvalue weighted by atomic mass is 32.1. The Kier molecular flexibility index (Phi) is 4.76. The van der Waals surface area contributed by atoms with Gasteiger partial charge in [-0.3, -0.25) is 0 Å². The molecule has 0 N–H and O–H groups in total. The van der Waals surface area contributed by atoms with Crippen LogP contribution in [-0.2, 0) is 0 Å². The summed E-state index contributed by atoms with van der Waals surface area (Å²) in [6, 6.07) is 50.7. The van der Waals surface area contributed by atoms with E-state index in [9.17, 15) is 0 Å². The van der Waals surface area contributed by atoms with Gasteiger partial charge in [0.25, 0.3) is 0 Å². The van der Waals surface area contributed by atoms with Crippen LogP contribution in [0, 0.1) is 0 Å². The number of rotatable bonds is 3. The lowest BCUT2D eigenvalue weighted by atomic mass is 9.99. The first kappa shape index (κ1) is 21.4. The van der Waals surface area contributed by atoms with Crippen molar-refractivity contribution in [2.75, 3.05) is 0 Å². The summed E-state index contributed by atoms with van der Waals surface area (Å²) in [5, 5.41) is 5.22. The Hall–Kier alpha value is -4.66. The van der Waals surface area contributed by atoms with Gasteiger partial charge in [-0.1, -0.05) is 97.1 Å². The van der Waals surface area contributed by atoms with Crippen molar-refractivity contribution in [3.05, 3.63) is 140 Å². The first-order valence-corrected chi connectivity index (χ1v) is 13.8. The van der Waals surface area contributed by atoms with E-state index in [-0.39, 0.29) is 0 Å². The van der Waals surface area contributed by atoms with E-state index in [0.717, 1.165) is 0 Å². The Balaban J connectivity index is 1.43. The van der Waals surface area contributed by atoms with Gasteiger partial charge in [-0.25, -0.2) is 0 Å². The molecule has 8 aromatic rings. The molecule has 0 radical (unpaired) electrons. The fraction of sp³-hybridized carbons (Fsp3) is 0. The van der Waals surface area contributed by atoms with Crippen molar-refractivity contribution in [2.45, 2.75) is 0 Å². The summed E-state index contributed by atoms with van der Waals surface area (Å²) in [4.78, 5) is 0. The molecule has 0 saturated carbocycles. The van der Waals surface area contributed by atoms with E-state index in [1.807, 2.05) is 11.3 Å². The Bertz CT molecular complexity index is 2110. The number of hydrogen-bond donors (Lipinski definition) is 0. The summed E-state index contributed by atoms with van der Waals surface area (Å²) in [7, 11) is 0. The van der Waals surface area contributed by atoms with Crippen LogP contribution in [0.15, 0.2) is 140 Å². The van der Waals surface area contributed by atoms with Gasteiger partial charge in [-0.15, -0.1) is 11.3 Å². The molecule has 38 heavy (non-hydrogen) atoms. The van der Waals surface area contributed by atoms with Crippen LogP contribution in [-0.4, -0.2) is 4.57 Å². The zero-order valence-corrected chi connectivity index (χ0v) is 21.5. The third kappa shape index (κ3) is 3.24. The molecule has 0 unspecified atom stereocenters. The van der Waals surface area contributed by atoms with Gasteiger partial charge in [0.15, 0.2) is 0 Å². The predicted molar refractivity (Wildman–Crippen MR) is 165 cm³/mol. The molecule has 0 saturated heterocycles.